The van der Waals surface area contributed by atoms with Gasteiger partial charge in [-0.05, 0) is 48.9 Å². The molecule has 3 N–H and O–H groups in total. The van der Waals surface area contributed by atoms with Gasteiger partial charge < -0.3 is 10.2 Å². The van der Waals surface area contributed by atoms with Crippen LogP contribution in [0, 0.1) is 0 Å². The quantitative estimate of drug-likeness (QED) is 0.617. The van der Waals surface area contributed by atoms with Crippen molar-refractivity contribution in [2.75, 3.05) is 11.8 Å². The van der Waals surface area contributed by atoms with Crippen molar-refractivity contribution in [3.05, 3.63) is 66.4 Å². The number of benzene rings is 2. The van der Waals surface area contributed by atoms with Gasteiger partial charge in [-0.1, -0.05) is 19.6 Å². The first-order valence-corrected chi connectivity index (χ1v) is 9.35. The summed E-state index contributed by atoms with van der Waals surface area (Å²) in [6.07, 6.45) is 0.653. The molecule has 1 amide bonds. The van der Waals surface area contributed by atoms with E-state index in [1.54, 1.807) is 24.3 Å². The molecular weight excluding hydrogens is 354 g/mol. The number of methoxy groups -OCH3 is 1. The lowest BCUT2D eigenvalue weighted by atomic mass is 10.2. The van der Waals surface area contributed by atoms with Crippen molar-refractivity contribution in [3.8, 4) is 5.75 Å². The molecule has 138 valence electrons. The molecule has 0 saturated carbocycles. The number of nitrogens with one attached hydrogen (secondary N) is 3. The van der Waals surface area contributed by atoms with Gasteiger partial charge in [-0.15, -0.1) is 0 Å². The minimum atomic E-state index is -3.83. The fraction of sp³-hybridized carbons (Fsp3) is 0.167. The summed E-state index contributed by atoms with van der Waals surface area (Å²) >= 11 is 0. The van der Waals surface area contributed by atoms with Crippen LogP contribution in [0.4, 0.5) is 5.69 Å². The van der Waals surface area contributed by atoms with Gasteiger partial charge in [-0.2, -0.15) is 0 Å². The van der Waals surface area contributed by atoms with Crippen LogP contribution in [0.25, 0.3) is 0 Å². The highest BCUT2D eigenvalue weighted by atomic mass is 32.2. The second-order valence-electron chi connectivity index (χ2n) is 5.40. The molecule has 0 spiro atoms. The molecule has 0 atom stereocenters. The standard InChI is InChI=1S/C18H21N3O4S/c1-4-13(2)19-20-18(22)14-6-5-7-17(12-14)26(23,24)21-15-8-10-16(25-3)11-9-15/h5-12,19,21H,2,4H2,1,3H3,(H,20,22). The van der Waals surface area contributed by atoms with Crippen molar-refractivity contribution in [1.29, 1.82) is 0 Å². The molecule has 0 aliphatic heterocycles. The van der Waals surface area contributed by atoms with Crippen LogP contribution in [0.15, 0.2) is 65.7 Å². The second-order valence-corrected chi connectivity index (χ2v) is 7.08. The molecule has 7 nitrogen and oxygen atoms in total. The Morgan fingerprint density at radius 2 is 1.81 bits per heavy atom. The van der Waals surface area contributed by atoms with E-state index in [0.717, 1.165) is 0 Å². The molecule has 0 unspecified atom stereocenters. The maximum atomic E-state index is 12.5. The van der Waals surface area contributed by atoms with E-state index in [4.69, 9.17) is 4.74 Å². The predicted octanol–water partition coefficient (Wildman–Crippen LogP) is 2.65. The zero-order valence-electron chi connectivity index (χ0n) is 14.6. The molecule has 0 aromatic heterocycles. The van der Waals surface area contributed by atoms with E-state index in [0.29, 0.717) is 23.6 Å². The Morgan fingerprint density at radius 1 is 1.12 bits per heavy atom. The average Bonchev–Trinajstić information content (AvgIpc) is 2.66. The first-order valence-electron chi connectivity index (χ1n) is 7.87. The SMILES string of the molecule is C=C(CC)NNC(=O)c1cccc(S(=O)(=O)Nc2ccc(OC)cc2)c1. The van der Waals surface area contributed by atoms with Crippen LogP contribution in [0.3, 0.4) is 0 Å². The monoisotopic (exact) mass is 375 g/mol. The number of carbonyl (C=O) groups is 1. The zero-order chi connectivity index (χ0) is 19.2. The lowest BCUT2D eigenvalue weighted by molar-refractivity contribution is 0.0938. The molecule has 2 rings (SSSR count). The van der Waals surface area contributed by atoms with E-state index in [2.05, 4.69) is 22.2 Å². The largest absolute Gasteiger partial charge is 0.497 e. The fourth-order valence-corrected chi connectivity index (χ4v) is 3.09. The van der Waals surface area contributed by atoms with Gasteiger partial charge in [-0.3, -0.25) is 14.9 Å². The topological polar surface area (TPSA) is 96.5 Å². The van der Waals surface area contributed by atoms with Gasteiger partial charge in [0.1, 0.15) is 5.75 Å². The lowest BCUT2D eigenvalue weighted by Gasteiger charge is -2.11. The number of amides is 1. The minimum absolute atomic E-state index is 0.0183. The van der Waals surface area contributed by atoms with Crippen molar-refractivity contribution in [3.63, 3.8) is 0 Å². The summed E-state index contributed by atoms with van der Waals surface area (Å²) in [4.78, 5) is 12.1. The molecule has 0 heterocycles. The van der Waals surface area contributed by atoms with Gasteiger partial charge in [0.25, 0.3) is 15.9 Å². The Hall–Kier alpha value is -3.00. The van der Waals surface area contributed by atoms with Crippen molar-refractivity contribution < 1.29 is 17.9 Å². The molecule has 0 saturated heterocycles. The van der Waals surface area contributed by atoms with Gasteiger partial charge >= 0.3 is 0 Å². The molecular formula is C18H21N3O4S. The summed E-state index contributed by atoms with van der Waals surface area (Å²) in [7, 11) is -2.31. The van der Waals surface area contributed by atoms with Gasteiger partial charge in [0.15, 0.2) is 0 Å². The van der Waals surface area contributed by atoms with Crippen molar-refractivity contribution >= 4 is 21.6 Å². The molecule has 2 aromatic rings. The van der Waals surface area contributed by atoms with Crippen LogP contribution in [0.1, 0.15) is 23.7 Å². The third-order valence-electron chi connectivity index (χ3n) is 3.53. The van der Waals surface area contributed by atoms with Crippen molar-refractivity contribution in [2.24, 2.45) is 0 Å². The van der Waals surface area contributed by atoms with Crippen LogP contribution in [-0.4, -0.2) is 21.4 Å². The Kier molecular flexibility index (Phi) is 6.24. The third-order valence-corrected chi connectivity index (χ3v) is 4.91. The predicted molar refractivity (Wildman–Crippen MR) is 100 cm³/mol. The van der Waals surface area contributed by atoms with E-state index >= 15 is 0 Å². The van der Waals surface area contributed by atoms with Crippen LogP contribution in [-0.2, 0) is 10.0 Å². The van der Waals surface area contributed by atoms with Crippen LogP contribution < -0.4 is 20.3 Å². The number of allylic oxidation sites excluding steroid dienone is 1. The van der Waals surface area contributed by atoms with E-state index in [-0.39, 0.29) is 10.5 Å². The third kappa shape index (κ3) is 5.00. The number of anilines is 1. The fourth-order valence-electron chi connectivity index (χ4n) is 1.98. The summed E-state index contributed by atoms with van der Waals surface area (Å²) in [6.45, 7) is 5.60. The second kappa shape index (κ2) is 8.39. The number of hydrogen-bond acceptors (Lipinski definition) is 5. The van der Waals surface area contributed by atoms with E-state index in [1.807, 2.05) is 6.92 Å². The number of ether oxygens (including phenoxy) is 1. The molecule has 0 aliphatic rings. The molecule has 0 fully saturated rings. The highest BCUT2D eigenvalue weighted by molar-refractivity contribution is 7.92. The van der Waals surface area contributed by atoms with Gasteiger partial charge in [0, 0.05) is 16.9 Å². The van der Waals surface area contributed by atoms with Crippen LogP contribution >= 0.6 is 0 Å². The first-order chi connectivity index (χ1) is 12.4. The smallest absolute Gasteiger partial charge is 0.269 e. The number of hydrogen-bond donors (Lipinski definition) is 3. The van der Waals surface area contributed by atoms with Crippen LogP contribution in [0.2, 0.25) is 0 Å². The molecule has 8 heteroatoms. The van der Waals surface area contributed by atoms with E-state index in [9.17, 15) is 13.2 Å². The summed E-state index contributed by atoms with van der Waals surface area (Å²) < 4.78 is 32.6. The van der Waals surface area contributed by atoms with Gasteiger partial charge in [-0.25, -0.2) is 8.42 Å². The highest BCUT2D eigenvalue weighted by Crippen LogP contribution is 2.20. The molecule has 0 radical (unpaired) electrons. The molecule has 0 bridgehead atoms. The number of carbonyl (C=O) groups excluding carboxylic acids is 1. The summed E-state index contributed by atoms with van der Waals surface area (Å²) in [6, 6.07) is 12.2. The average molecular weight is 375 g/mol. The van der Waals surface area contributed by atoms with Crippen molar-refractivity contribution in [2.45, 2.75) is 18.2 Å². The Bertz CT molecular complexity index is 893. The Balaban J connectivity index is 2.16. The molecule has 26 heavy (non-hydrogen) atoms. The van der Waals surface area contributed by atoms with Gasteiger partial charge in [0.05, 0.1) is 12.0 Å². The minimum Gasteiger partial charge on any atom is -0.497 e. The number of rotatable bonds is 8. The summed E-state index contributed by atoms with van der Waals surface area (Å²) in [5, 5.41) is 0. The number of hydrazine groups is 1. The number of sulfonamides is 1. The normalized spacial score (nSPS) is 10.7. The van der Waals surface area contributed by atoms with Crippen LogP contribution in [0.5, 0.6) is 5.75 Å². The molecule has 0 aliphatic carbocycles. The summed E-state index contributed by atoms with van der Waals surface area (Å²) in [5.74, 6) is 0.161. The lowest BCUT2D eigenvalue weighted by Crippen LogP contribution is -2.36. The Labute approximate surface area is 153 Å². The molecule has 2 aromatic carbocycles. The van der Waals surface area contributed by atoms with E-state index in [1.165, 1.54) is 31.4 Å². The summed E-state index contributed by atoms with van der Waals surface area (Å²) in [5.41, 5.74) is 6.38. The first kappa shape index (κ1) is 19.3. The maximum absolute atomic E-state index is 12.5. The van der Waals surface area contributed by atoms with Gasteiger partial charge in [0.2, 0.25) is 0 Å². The van der Waals surface area contributed by atoms with Crippen molar-refractivity contribution in [1.82, 2.24) is 10.9 Å². The zero-order valence-corrected chi connectivity index (χ0v) is 15.4. The maximum Gasteiger partial charge on any atom is 0.269 e. The van der Waals surface area contributed by atoms with E-state index < -0.39 is 15.9 Å². The Morgan fingerprint density at radius 3 is 2.42 bits per heavy atom. The highest BCUT2D eigenvalue weighted by Gasteiger charge is 2.16.